The van der Waals surface area contributed by atoms with E-state index in [1.165, 1.54) is 4.90 Å². The molecule has 0 aliphatic rings. The Bertz CT molecular complexity index is 1310. The number of amides is 2. The van der Waals surface area contributed by atoms with Crippen molar-refractivity contribution in [3.63, 3.8) is 0 Å². The quantitative estimate of drug-likeness (QED) is 0.404. The van der Waals surface area contributed by atoms with Crippen LogP contribution in [0, 0.1) is 13.8 Å². The third-order valence-corrected chi connectivity index (χ3v) is 8.06. The first kappa shape index (κ1) is 27.9. The second-order valence-corrected chi connectivity index (χ2v) is 10.8. The molecule has 7 nitrogen and oxygen atoms in total. The van der Waals surface area contributed by atoms with E-state index in [0.29, 0.717) is 18.7 Å². The highest BCUT2D eigenvalue weighted by Crippen LogP contribution is 2.25. The summed E-state index contributed by atoms with van der Waals surface area (Å²) >= 11 is 0. The molecule has 0 spiro atoms. The lowest BCUT2D eigenvalue weighted by Gasteiger charge is -2.33. The number of anilines is 1. The normalized spacial score (nSPS) is 12.0. The average molecular weight is 522 g/mol. The minimum atomic E-state index is -4.06. The van der Waals surface area contributed by atoms with E-state index in [4.69, 9.17) is 0 Å². The first-order chi connectivity index (χ1) is 17.7. The zero-order valence-corrected chi connectivity index (χ0v) is 22.7. The minimum absolute atomic E-state index is 0.0935. The summed E-state index contributed by atoms with van der Waals surface area (Å²) < 4.78 is 28.7. The van der Waals surface area contributed by atoms with Crippen molar-refractivity contribution in [2.75, 3.05) is 17.4 Å². The molecule has 0 saturated carbocycles. The van der Waals surface area contributed by atoms with Gasteiger partial charge in [0, 0.05) is 13.1 Å². The van der Waals surface area contributed by atoms with Gasteiger partial charge in [0.15, 0.2) is 0 Å². The maximum Gasteiger partial charge on any atom is 0.264 e. The van der Waals surface area contributed by atoms with Crippen LogP contribution in [-0.4, -0.2) is 44.3 Å². The molecule has 0 aromatic heterocycles. The van der Waals surface area contributed by atoms with Crippen LogP contribution in [0.1, 0.15) is 37.0 Å². The average Bonchev–Trinajstić information content (AvgIpc) is 2.89. The smallest absolute Gasteiger partial charge is 0.264 e. The van der Waals surface area contributed by atoms with E-state index in [1.54, 1.807) is 54.6 Å². The Balaban J connectivity index is 2.04. The predicted molar refractivity (Wildman–Crippen MR) is 147 cm³/mol. The first-order valence-corrected chi connectivity index (χ1v) is 13.9. The number of hydrogen-bond acceptors (Lipinski definition) is 4. The van der Waals surface area contributed by atoms with Crippen LogP contribution in [0.15, 0.2) is 83.8 Å². The SMILES string of the molecule is CCNC(=O)[C@H](CC)N(Cc1ccccc1C)C(=O)CN(c1ccccc1)S(=O)(=O)c1ccc(C)cc1. The summed E-state index contributed by atoms with van der Waals surface area (Å²) in [7, 11) is -4.06. The second kappa shape index (κ2) is 12.5. The number of sulfonamides is 1. The Morgan fingerprint density at radius 3 is 2.08 bits per heavy atom. The lowest BCUT2D eigenvalue weighted by Crippen LogP contribution is -2.52. The highest BCUT2D eigenvalue weighted by Gasteiger charge is 2.33. The van der Waals surface area contributed by atoms with Crippen molar-refractivity contribution in [2.45, 2.75) is 51.6 Å². The monoisotopic (exact) mass is 521 g/mol. The van der Waals surface area contributed by atoms with Crippen molar-refractivity contribution in [1.29, 1.82) is 0 Å². The Morgan fingerprint density at radius 2 is 1.49 bits per heavy atom. The highest BCUT2D eigenvalue weighted by molar-refractivity contribution is 7.92. The van der Waals surface area contributed by atoms with Crippen LogP contribution < -0.4 is 9.62 Å². The Morgan fingerprint density at radius 1 is 0.865 bits per heavy atom. The lowest BCUT2D eigenvalue weighted by atomic mass is 10.1. The summed E-state index contributed by atoms with van der Waals surface area (Å²) in [6.07, 6.45) is 0.388. The van der Waals surface area contributed by atoms with Crippen LogP contribution in [0.3, 0.4) is 0 Å². The number of carbonyl (C=O) groups is 2. The molecule has 3 aromatic rings. The second-order valence-electron chi connectivity index (χ2n) is 8.93. The fourth-order valence-corrected chi connectivity index (χ4v) is 5.56. The predicted octanol–water partition coefficient (Wildman–Crippen LogP) is 4.44. The molecule has 37 heavy (non-hydrogen) atoms. The molecular formula is C29H35N3O4S. The van der Waals surface area contributed by atoms with Gasteiger partial charge in [0.1, 0.15) is 12.6 Å². The molecule has 0 saturated heterocycles. The van der Waals surface area contributed by atoms with Crippen molar-refractivity contribution >= 4 is 27.5 Å². The minimum Gasteiger partial charge on any atom is -0.355 e. The van der Waals surface area contributed by atoms with Gasteiger partial charge < -0.3 is 10.2 Å². The van der Waals surface area contributed by atoms with Crippen molar-refractivity contribution in [3.05, 3.63) is 95.6 Å². The number of rotatable bonds is 11. The van der Waals surface area contributed by atoms with Gasteiger partial charge in [0.25, 0.3) is 10.0 Å². The molecule has 196 valence electrons. The van der Waals surface area contributed by atoms with Crippen molar-refractivity contribution in [2.24, 2.45) is 0 Å². The molecular weight excluding hydrogens is 486 g/mol. The fraction of sp³-hybridized carbons (Fsp3) is 0.310. The van der Waals surface area contributed by atoms with Gasteiger partial charge in [-0.05, 0) is 62.6 Å². The summed E-state index contributed by atoms with van der Waals surface area (Å²) in [6.45, 7) is 7.67. The summed E-state index contributed by atoms with van der Waals surface area (Å²) in [4.78, 5) is 28.5. The maximum atomic E-state index is 13.9. The van der Waals surface area contributed by atoms with E-state index in [9.17, 15) is 18.0 Å². The Hall–Kier alpha value is -3.65. The number of carbonyl (C=O) groups excluding carboxylic acids is 2. The van der Waals surface area contributed by atoms with Crippen LogP contribution in [0.2, 0.25) is 0 Å². The molecule has 2 amide bonds. The summed E-state index contributed by atoms with van der Waals surface area (Å²) in [5, 5.41) is 2.81. The number of likely N-dealkylation sites (N-methyl/N-ethyl adjacent to an activating group) is 1. The molecule has 1 N–H and O–H groups in total. The van der Waals surface area contributed by atoms with E-state index < -0.39 is 28.5 Å². The number of nitrogens with one attached hydrogen (secondary N) is 1. The van der Waals surface area contributed by atoms with Gasteiger partial charge in [-0.15, -0.1) is 0 Å². The zero-order valence-electron chi connectivity index (χ0n) is 21.8. The Labute approximate surface area is 220 Å². The molecule has 3 rings (SSSR count). The standard InChI is InChI=1S/C29H35N3O4S/c1-5-27(29(34)30-6-2)31(20-24-13-11-10-12-23(24)4)28(33)21-32(25-14-8-7-9-15-25)37(35,36)26-18-16-22(3)17-19-26/h7-19,27H,5-6,20-21H2,1-4H3,(H,30,34)/t27-/m0/s1. The van der Waals surface area contributed by atoms with Crippen LogP contribution in [0.4, 0.5) is 5.69 Å². The topological polar surface area (TPSA) is 86.8 Å². The van der Waals surface area contributed by atoms with Crippen LogP contribution in [0.25, 0.3) is 0 Å². The van der Waals surface area contributed by atoms with Gasteiger partial charge in [-0.1, -0.05) is 67.1 Å². The van der Waals surface area contributed by atoms with E-state index in [2.05, 4.69) is 5.32 Å². The van der Waals surface area contributed by atoms with E-state index >= 15 is 0 Å². The summed E-state index contributed by atoms with van der Waals surface area (Å²) in [6, 6.07) is 22.0. The number of benzene rings is 3. The van der Waals surface area contributed by atoms with Crippen molar-refractivity contribution in [1.82, 2.24) is 10.2 Å². The molecule has 8 heteroatoms. The van der Waals surface area contributed by atoms with Gasteiger partial charge in [-0.2, -0.15) is 0 Å². The molecule has 3 aromatic carbocycles. The summed E-state index contributed by atoms with van der Waals surface area (Å²) in [5.74, 6) is -0.722. The lowest BCUT2D eigenvalue weighted by molar-refractivity contribution is -0.140. The molecule has 0 radical (unpaired) electrons. The molecule has 0 bridgehead atoms. The third kappa shape index (κ3) is 6.77. The highest BCUT2D eigenvalue weighted by atomic mass is 32.2. The van der Waals surface area contributed by atoms with Gasteiger partial charge in [-0.25, -0.2) is 8.42 Å². The first-order valence-electron chi connectivity index (χ1n) is 12.4. The van der Waals surface area contributed by atoms with Gasteiger partial charge >= 0.3 is 0 Å². The van der Waals surface area contributed by atoms with Gasteiger partial charge in [0.2, 0.25) is 11.8 Å². The van der Waals surface area contributed by atoms with Crippen molar-refractivity contribution in [3.8, 4) is 0 Å². The molecule has 1 atom stereocenters. The molecule has 0 heterocycles. The summed E-state index contributed by atoms with van der Waals surface area (Å²) in [5.41, 5.74) is 3.18. The number of para-hydroxylation sites is 1. The van der Waals surface area contributed by atoms with Gasteiger partial charge in [0.05, 0.1) is 10.6 Å². The van der Waals surface area contributed by atoms with Crippen molar-refractivity contribution < 1.29 is 18.0 Å². The molecule has 0 aliphatic carbocycles. The van der Waals surface area contributed by atoms with E-state index in [1.807, 2.05) is 52.0 Å². The molecule has 0 unspecified atom stereocenters. The number of hydrogen-bond donors (Lipinski definition) is 1. The van der Waals surface area contributed by atoms with Crippen LogP contribution in [-0.2, 0) is 26.2 Å². The third-order valence-electron chi connectivity index (χ3n) is 6.27. The fourth-order valence-electron chi connectivity index (χ4n) is 4.14. The van der Waals surface area contributed by atoms with E-state index in [0.717, 1.165) is 21.0 Å². The van der Waals surface area contributed by atoms with Crippen LogP contribution >= 0.6 is 0 Å². The Kier molecular flexibility index (Phi) is 9.47. The van der Waals surface area contributed by atoms with Crippen LogP contribution in [0.5, 0.6) is 0 Å². The van der Waals surface area contributed by atoms with Gasteiger partial charge in [-0.3, -0.25) is 13.9 Å². The largest absolute Gasteiger partial charge is 0.355 e. The molecule has 0 fully saturated rings. The van der Waals surface area contributed by atoms with E-state index in [-0.39, 0.29) is 17.3 Å². The number of nitrogens with zero attached hydrogens (tertiary/aromatic N) is 2. The number of aryl methyl sites for hydroxylation is 2. The molecule has 0 aliphatic heterocycles. The maximum absolute atomic E-state index is 13.9. The zero-order chi connectivity index (χ0) is 27.0.